The summed E-state index contributed by atoms with van der Waals surface area (Å²) in [6.45, 7) is 4.08. The monoisotopic (exact) mass is 293 g/mol. The average Bonchev–Trinajstić information content (AvgIpc) is 2.37. The van der Waals surface area contributed by atoms with Crippen molar-refractivity contribution < 1.29 is 10.0 Å². The SMILES string of the molecule is CCNc1cc(CN(CCO)C2CCC2)ccc1[N+](=O)[O-]. The molecule has 1 fully saturated rings. The fourth-order valence-corrected chi connectivity index (χ4v) is 2.68. The van der Waals surface area contributed by atoms with Crippen molar-refractivity contribution in [2.75, 3.05) is 25.0 Å². The van der Waals surface area contributed by atoms with Crippen LogP contribution < -0.4 is 5.32 Å². The van der Waals surface area contributed by atoms with Crippen LogP contribution in [0.15, 0.2) is 18.2 Å². The predicted molar refractivity (Wildman–Crippen MR) is 82.4 cm³/mol. The maximum absolute atomic E-state index is 11.0. The van der Waals surface area contributed by atoms with Gasteiger partial charge in [0, 0.05) is 31.7 Å². The van der Waals surface area contributed by atoms with Crippen LogP contribution in [0.4, 0.5) is 11.4 Å². The Balaban J connectivity index is 2.14. The Morgan fingerprint density at radius 1 is 1.48 bits per heavy atom. The molecule has 2 N–H and O–H groups in total. The van der Waals surface area contributed by atoms with Crippen molar-refractivity contribution in [2.45, 2.75) is 38.8 Å². The number of anilines is 1. The van der Waals surface area contributed by atoms with Crippen LogP contribution in [-0.2, 0) is 6.54 Å². The van der Waals surface area contributed by atoms with Gasteiger partial charge < -0.3 is 10.4 Å². The van der Waals surface area contributed by atoms with Gasteiger partial charge in [-0.1, -0.05) is 12.5 Å². The molecule has 116 valence electrons. The Bertz CT molecular complexity index is 489. The van der Waals surface area contributed by atoms with Gasteiger partial charge in [-0.15, -0.1) is 0 Å². The number of rotatable bonds is 8. The van der Waals surface area contributed by atoms with Gasteiger partial charge in [0.25, 0.3) is 5.69 Å². The van der Waals surface area contributed by atoms with E-state index in [1.807, 2.05) is 19.1 Å². The minimum absolute atomic E-state index is 0.109. The van der Waals surface area contributed by atoms with E-state index in [1.54, 1.807) is 6.07 Å². The Labute approximate surface area is 124 Å². The summed E-state index contributed by atoms with van der Waals surface area (Å²) in [5, 5.41) is 23.3. The van der Waals surface area contributed by atoms with E-state index in [9.17, 15) is 15.2 Å². The van der Waals surface area contributed by atoms with Crippen LogP contribution in [0.5, 0.6) is 0 Å². The standard InChI is InChI=1S/C15H23N3O3/c1-2-16-14-10-12(6-7-15(14)18(20)21)11-17(8-9-19)13-4-3-5-13/h6-7,10,13,16,19H,2-5,8-9,11H2,1H3. The fourth-order valence-electron chi connectivity index (χ4n) is 2.68. The average molecular weight is 293 g/mol. The normalized spacial score (nSPS) is 15.0. The van der Waals surface area contributed by atoms with Crippen molar-refractivity contribution in [3.05, 3.63) is 33.9 Å². The van der Waals surface area contributed by atoms with Gasteiger partial charge in [-0.2, -0.15) is 0 Å². The zero-order chi connectivity index (χ0) is 15.2. The van der Waals surface area contributed by atoms with Crippen molar-refractivity contribution >= 4 is 11.4 Å². The summed E-state index contributed by atoms with van der Waals surface area (Å²) in [5.74, 6) is 0. The van der Waals surface area contributed by atoms with E-state index in [2.05, 4.69) is 10.2 Å². The number of nitro groups is 1. The first-order valence-corrected chi connectivity index (χ1v) is 7.51. The number of hydrogen-bond acceptors (Lipinski definition) is 5. The first-order chi connectivity index (χ1) is 10.2. The summed E-state index contributed by atoms with van der Waals surface area (Å²) < 4.78 is 0. The highest BCUT2D eigenvalue weighted by Gasteiger charge is 2.25. The maximum Gasteiger partial charge on any atom is 0.292 e. The Hall–Kier alpha value is -1.66. The number of aliphatic hydroxyl groups excluding tert-OH is 1. The molecule has 6 nitrogen and oxygen atoms in total. The molecular weight excluding hydrogens is 270 g/mol. The fraction of sp³-hybridized carbons (Fsp3) is 0.600. The third-order valence-corrected chi connectivity index (χ3v) is 3.99. The van der Waals surface area contributed by atoms with Crippen molar-refractivity contribution in [3.63, 3.8) is 0 Å². The molecule has 0 atom stereocenters. The summed E-state index contributed by atoms with van der Waals surface area (Å²) in [4.78, 5) is 12.9. The van der Waals surface area contributed by atoms with Crippen molar-refractivity contribution in [1.82, 2.24) is 4.90 Å². The molecule has 0 saturated heterocycles. The van der Waals surface area contributed by atoms with E-state index in [-0.39, 0.29) is 17.2 Å². The topological polar surface area (TPSA) is 78.6 Å². The second-order valence-corrected chi connectivity index (χ2v) is 5.42. The summed E-state index contributed by atoms with van der Waals surface area (Å²) in [6, 6.07) is 5.76. The molecule has 6 heteroatoms. The molecule has 0 heterocycles. The number of nitrogens with one attached hydrogen (secondary N) is 1. The molecular formula is C15H23N3O3. The highest BCUT2D eigenvalue weighted by atomic mass is 16.6. The van der Waals surface area contributed by atoms with Crippen molar-refractivity contribution in [3.8, 4) is 0 Å². The molecule has 0 unspecified atom stereocenters. The smallest absolute Gasteiger partial charge is 0.292 e. The zero-order valence-corrected chi connectivity index (χ0v) is 12.4. The minimum atomic E-state index is -0.362. The number of hydrogen-bond donors (Lipinski definition) is 2. The lowest BCUT2D eigenvalue weighted by molar-refractivity contribution is -0.384. The number of nitro benzene ring substituents is 1. The van der Waals surface area contributed by atoms with Gasteiger partial charge in [-0.05, 0) is 31.4 Å². The van der Waals surface area contributed by atoms with Gasteiger partial charge >= 0.3 is 0 Å². The summed E-state index contributed by atoms with van der Waals surface area (Å²) in [6.07, 6.45) is 3.59. The van der Waals surface area contributed by atoms with Crippen molar-refractivity contribution in [1.29, 1.82) is 0 Å². The van der Waals surface area contributed by atoms with Crippen LogP contribution in [0.1, 0.15) is 31.7 Å². The van der Waals surface area contributed by atoms with Gasteiger partial charge in [0.15, 0.2) is 0 Å². The Kier molecular flexibility index (Phi) is 5.52. The number of aliphatic hydroxyl groups is 1. The van der Waals surface area contributed by atoms with Gasteiger partial charge in [-0.3, -0.25) is 15.0 Å². The highest BCUT2D eigenvalue weighted by molar-refractivity contribution is 5.62. The first-order valence-electron chi connectivity index (χ1n) is 7.51. The molecule has 2 rings (SSSR count). The lowest BCUT2D eigenvalue weighted by Gasteiger charge is -2.37. The lowest BCUT2D eigenvalue weighted by Crippen LogP contribution is -2.41. The minimum Gasteiger partial charge on any atom is -0.395 e. The van der Waals surface area contributed by atoms with E-state index in [1.165, 1.54) is 19.3 Å². The summed E-state index contributed by atoms with van der Waals surface area (Å²) in [5.41, 5.74) is 1.72. The molecule has 1 saturated carbocycles. The number of nitrogens with zero attached hydrogens (tertiary/aromatic N) is 2. The van der Waals surface area contributed by atoms with Gasteiger partial charge in [-0.25, -0.2) is 0 Å². The summed E-state index contributed by atoms with van der Waals surface area (Å²) in [7, 11) is 0. The third-order valence-electron chi connectivity index (χ3n) is 3.99. The largest absolute Gasteiger partial charge is 0.395 e. The third kappa shape index (κ3) is 3.92. The van der Waals surface area contributed by atoms with E-state index in [0.717, 1.165) is 12.1 Å². The number of benzene rings is 1. The predicted octanol–water partition coefficient (Wildman–Crippen LogP) is 2.37. The van der Waals surface area contributed by atoms with E-state index < -0.39 is 0 Å². The molecule has 1 aromatic rings. The van der Waals surface area contributed by atoms with Gasteiger partial charge in [0.1, 0.15) is 5.69 Å². The second-order valence-electron chi connectivity index (χ2n) is 5.42. The molecule has 0 spiro atoms. The first kappa shape index (κ1) is 15.7. The lowest BCUT2D eigenvalue weighted by atomic mass is 9.91. The van der Waals surface area contributed by atoms with Crippen molar-refractivity contribution in [2.24, 2.45) is 0 Å². The molecule has 1 aliphatic carbocycles. The van der Waals surface area contributed by atoms with Crippen LogP contribution in [0.3, 0.4) is 0 Å². The maximum atomic E-state index is 11.0. The molecule has 0 aromatic heterocycles. The van der Waals surface area contributed by atoms with Gasteiger partial charge in [0.2, 0.25) is 0 Å². The highest BCUT2D eigenvalue weighted by Crippen LogP contribution is 2.29. The van der Waals surface area contributed by atoms with Crippen LogP contribution in [0.2, 0.25) is 0 Å². The van der Waals surface area contributed by atoms with Crippen LogP contribution in [0.25, 0.3) is 0 Å². The Morgan fingerprint density at radius 2 is 2.24 bits per heavy atom. The second kappa shape index (κ2) is 7.38. The van der Waals surface area contributed by atoms with Crippen LogP contribution in [-0.4, -0.2) is 40.7 Å². The molecule has 0 amide bonds. The molecule has 0 bridgehead atoms. The Morgan fingerprint density at radius 3 is 2.76 bits per heavy atom. The zero-order valence-electron chi connectivity index (χ0n) is 12.4. The molecule has 1 aliphatic rings. The van der Waals surface area contributed by atoms with E-state index >= 15 is 0 Å². The molecule has 21 heavy (non-hydrogen) atoms. The van der Waals surface area contributed by atoms with E-state index in [0.29, 0.717) is 24.8 Å². The quantitative estimate of drug-likeness (QED) is 0.568. The molecule has 0 radical (unpaired) electrons. The van der Waals surface area contributed by atoms with Crippen LogP contribution >= 0.6 is 0 Å². The summed E-state index contributed by atoms with van der Waals surface area (Å²) >= 11 is 0. The van der Waals surface area contributed by atoms with E-state index in [4.69, 9.17) is 0 Å². The molecule has 0 aliphatic heterocycles. The van der Waals surface area contributed by atoms with Crippen LogP contribution in [0, 0.1) is 10.1 Å². The molecule has 1 aromatic carbocycles. The van der Waals surface area contributed by atoms with Gasteiger partial charge in [0.05, 0.1) is 11.5 Å².